The molecule has 1 aromatic heterocycles. The minimum absolute atomic E-state index is 0.573. The van der Waals surface area contributed by atoms with Crippen molar-refractivity contribution < 1.29 is 0 Å². The van der Waals surface area contributed by atoms with Crippen molar-refractivity contribution in [2.75, 3.05) is 13.1 Å². The van der Waals surface area contributed by atoms with Crippen LogP contribution >= 0.6 is 11.3 Å². The molecule has 84 valence electrons. The van der Waals surface area contributed by atoms with Crippen LogP contribution in [0.5, 0.6) is 0 Å². The Kier molecular flexibility index (Phi) is 3.42. The Balaban J connectivity index is 2.19. The van der Waals surface area contributed by atoms with Crippen molar-refractivity contribution >= 4 is 11.3 Å². The lowest BCUT2D eigenvalue weighted by Crippen LogP contribution is -2.27. The summed E-state index contributed by atoms with van der Waals surface area (Å²) in [7, 11) is 0. The fraction of sp³-hybridized carbons (Fsp3) is 0.750. The Labute approximate surface area is 96.1 Å². The van der Waals surface area contributed by atoms with E-state index in [2.05, 4.69) is 26.1 Å². The van der Waals surface area contributed by atoms with Gasteiger partial charge >= 0.3 is 0 Å². The van der Waals surface area contributed by atoms with Crippen LogP contribution in [0.15, 0.2) is 0 Å². The summed E-state index contributed by atoms with van der Waals surface area (Å²) in [6, 6.07) is 0. The van der Waals surface area contributed by atoms with Gasteiger partial charge in [-0.1, -0.05) is 13.8 Å². The third kappa shape index (κ3) is 2.40. The zero-order valence-corrected chi connectivity index (χ0v) is 10.7. The van der Waals surface area contributed by atoms with Gasteiger partial charge in [-0.2, -0.15) is 0 Å². The van der Waals surface area contributed by atoms with Crippen molar-refractivity contribution in [3.63, 3.8) is 0 Å². The van der Waals surface area contributed by atoms with E-state index in [1.54, 1.807) is 0 Å². The molecule has 1 N–H and O–H groups in total. The van der Waals surface area contributed by atoms with Gasteiger partial charge in [0.25, 0.3) is 0 Å². The lowest BCUT2D eigenvalue weighted by molar-refractivity contribution is 0.452. The molecule has 0 spiro atoms. The Morgan fingerprint density at radius 3 is 2.53 bits per heavy atom. The van der Waals surface area contributed by atoms with Crippen molar-refractivity contribution in [1.29, 1.82) is 0 Å². The standard InChI is InChI=1S/C12H20N2S/c1-8(2)12-14-11(9(3)15-12)10-4-6-13-7-5-10/h8,10,13H,4-7H2,1-3H3. The Morgan fingerprint density at radius 2 is 2.00 bits per heavy atom. The normalized spacial score (nSPS) is 18.7. The second-order valence-electron chi connectivity index (χ2n) is 4.67. The number of nitrogens with zero attached hydrogens (tertiary/aromatic N) is 1. The molecular formula is C12H20N2S. The molecular weight excluding hydrogens is 204 g/mol. The summed E-state index contributed by atoms with van der Waals surface area (Å²) >= 11 is 1.88. The van der Waals surface area contributed by atoms with Crippen LogP contribution < -0.4 is 5.32 Å². The summed E-state index contributed by atoms with van der Waals surface area (Å²) in [6.45, 7) is 8.98. The van der Waals surface area contributed by atoms with Crippen molar-refractivity contribution in [2.24, 2.45) is 0 Å². The van der Waals surface area contributed by atoms with Crippen LogP contribution in [0.4, 0.5) is 0 Å². The monoisotopic (exact) mass is 224 g/mol. The molecule has 2 rings (SSSR count). The first-order valence-corrected chi connectivity index (χ1v) is 6.68. The van der Waals surface area contributed by atoms with Gasteiger partial charge in [-0.3, -0.25) is 0 Å². The molecule has 0 aromatic carbocycles. The lowest BCUT2D eigenvalue weighted by atomic mass is 9.94. The SMILES string of the molecule is Cc1sc(C(C)C)nc1C1CCNCC1. The average molecular weight is 224 g/mol. The first kappa shape index (κ1) is 11.1. The van der Waals surface area contributed by atoms with Crippen molar-refractivity contribution in [1.82, 2.24) is 10.3 Å². The van der Waals surface area contributed by atoms with E-state index < -0.39 is 0 Å². The van der Waals surface area contributed by atoms with Gasteiger partial charge in [0.2, 0.25) is 0 Å². The number of piperidine rings is 1. The predicted molar refractivity (Wildman–Crippen MR) is 65.8 cm³/mol. The van der Waals surface area contributed by atoms with Gasteiger partial charge < -0.3 is 5.32 Å². The van der Waals surface area contributed by atoms with Crippen molar-refractivity contribution in [2.45, 2.75) is 45.4 Å². The summed E-state index contributed by atoms with van der Waals surface area (Å²) in [5, 5.41) is 4.72. The molecule has 0 radical (unpaired) electrons. The minimum atomic E-state index is 0.573. The van der Waals surface area contributed by atoms with Gasteiger partial charge in [0.05, 0.1) is 10.7 Å². The molecule has 0 saturated carbocycles. The number of aryl methyl sites for hydroxylation is 1. The molecule has 0 unspecified atom stereocenters. The molecule has 2 nitrogen and oxygen atoms in total. The number of aromatic nitrogens is 1. The molecule has 1 aromatic rings. The maximum atomic E-state index is 4.82. The Bertz CT molecular complexity index is 324. The third-order valence-electron chi connectivity index (χ3n) is 3.07. The van der Waals surface area contributed by atoms with E-state index in [4.69, 9.17) is 4.98 Å². The lowest BCUT2D eigenvalue weighted by Gasteiger charge is -2.21. The topological polar surface area (TPSA) is 24.9 Å². The van der Waals surface area contributed by atoms with Gasteiger partial charge in [0.15, 0.2) is 0 Å². The predicted octanol–water partition coefficient (Wildman–Crippen LogP) is 3.04. The summed E-state index contributed by atoms with van der Waals surface area (Å²) in [5.41, 5.74) is 1.38. The van der Waals surface area contributed by atoms with E-state index in [0.29, 0.717) is 11.8 Å². The molecule has 0 aliphatic carbocycles. The summed E-state index contributed by atoms with van der Waals surface area (Å²) < 4.78 is 0. The first-order valence-electron chi connectivity index (χ1n) is 5.86. The Morgan fingerprint density at radius 1 is 1.33 bits per heavy atom. The van der Waals surface area contributed by atoms with Gasteiger partial charge in [-0.25, -0.2) is 4.98 Å². The number of hydrogen-bond donors (Lipinski definition) is 1. The van der Waals surface area contributed by atoms with Gasteiger partial charge in [0.1, 0.15) is 0 Å². The van der Waals surface area contributed by atoms with Crippen molar-refractivity contribution in [3.8, 4) is 0 Å². The highest BCUT2D eigenvalue weighted by Crippen LogP contribution is 2.32. The minimum Gasteiger partial charge on any atom is -0.317 e. The Hall–Kier alpha value is -0.410. The largest absolute Gasteiger partial charge is 0.317 e. The van der Waals surface area contributed by atoms with E-state index in [9.17, 15) is 0 Å². The van der Waals surface area contributed by atoms with Crippen molar-refractivity contribution in [3.05, 3.63) is 15.6 Å². The van der Waals surface area contributed by atoms with Gasteiger partial charge in [-0.05, 0) is 32.9 Å². The zero-order chi connectivity index (χ0) is 10.8. The molecule has 3 heteroatoms. The highest BCUT2D eigenvalue weighted by atomic mass is 32.1. The van der Waals surface area contributed by atoms with Crippen LogP contribution in [0.1, 0.15) is 54.1 Å². The molecule has 1 aliphatic rings. The molecule has 15 heavy (non-hydrogen) atoms. The fourth-order valence-electron chi connectivity index (χ4n) is 2.15. The second kappa shape index (κ2) is 4.62. The van der Waals surface area contributed by atoms with Gasteiger partial charge in [-0.15, -0.1) is 11.3 Å². The fourth-order valence-corrected chi connectivity index (χ4v) is 3.16. The first-order chi connectivity index (χ1) is 7.18. The molecule has 1 fully saturated rings. The van der Waals surface area contributed by atoms with Crippen LogP contribution in [0.2, 0.25) is 0 Å². The van der Waals surface area contributed by atoms with Crippen LogP contribution in [-0.2, 0) is 0 Å². The van der Waals surface area contributed by atoms with E-state index in [-0.39, 0.29) is 0 Å². The number of rotatable bonds is 2. The maximum Gasteiger partial charge on any atom is 0.0956 e. The molecule has 0 bridgehead atoms. The smallest absolute Gasteiger partial charge is 0.0956 e. The van der Waals surface area contributed by atoms with Crippen LogP contribution in [0.25, 0.3) is 0 Å². The number of thiazole rings is 1. The highest BCUT2D eigenvalue weighted by molar-refractivity contribution is 7.11. The van der Waals surface area contributed by atoms with Crippen LogP contribution in [-0.4, -0.2) is 18.1 Å². The van der Waals surface area contributed by atoms with Crippen LogP contribution in [0.3, 0.4) is 0 Å². The summed E-state index contributed by atoms with van der Waals surface area (Å²) in [5.74, 6) is 1.28. The average Bonchev–Trinajstić information content (AvgIpc) is 2.62. The van der Waals surface area contributed by atoms with Gasteiger partial charge in [0, 0.05) is 16.7 Å². The van der Waals surface area contributed by atoms with E-state index >= 15 is 0 Å². The maximum absolute atomic E-state index is 4.82. The molecule has 1 saturated heterocycles. The molecule has 0 amide bonds. The molecule has 2 heterocycles. The second-order valence-corrected chi connectivity index (χ2v) is 5.91. The van der Waals surface area contributed by atoms with E-state index in [1.807, 2.05) is 11.3 Å². The van der Waals surface area contributed by atoms with E-state index in [1.165, 1.54) is 28.4 Å². The zero-order valence-electron chi connectivity index (χ0n) is 9.84. The summed E-state index contributed by atoms with van der Waals surface area (Å²) in [6.07, 6.45) is 2.50. The van der Waals surface area contributed by atoms with E-state index in [0.717, 1.165) is 13.1 Å². The molecule has 0 atom stereocenters. The number of hydrogen-bond acceptors (Lipinski definition) is 3. The third-order valence-corrected chi connectivity index (χ3v) is 4.36. The summed E-state index contributed by atoms with van der Waals surface area (Å²) in [4.78, 5) is 6.26. The molecule has 1 aliphatic heterocycles. The quantitative estimate of drug-likeness (QED) is 0.835. The number of nitrogens with one attached hydrogen (secondary N) is 1. The van der Waals surface area contributed by atoms with Crippen LogP contribution in [0, 0.1) is 6.92 Å². The highest BCUT2D eigenvalue weighted by Gasteiger charge is 2.21.